The average molecular weight is 113 g/mol. The third-order valence-electron chi connectivity index (χ3n) is 1.57. The number of likely N-dealkylation sites (tertiary alicyclic amines) is 1. The van der Waals surface area contributed by atoms with Gasteiger partial charge in [0.25, 0.3) is 0 Å². The normalized spacial score (nSPS) is 26.2. The van der Waals surface area contributed by atoms with Crippen molar-refractivity contribution in [3.8, 4) is 0 Å². The van der Waals surface area contributed by atoms with E-state index in [4.69, 9.17) is 5.73 Å². The van der Waals surface area contributed by atoms with Gasteiger partial charge in [-0.05, 0) is 26.4 Å². The minimum Gasteiger partial charge on any atom is -0.328 e. The summed E-state index contributed by atoms with van der Waals surface area (Å²) in [5.74, 6) is 0. The van der Waals surface area contributed by atoms with Crippen molar-refractivity contribution in [3.05, 3.63) is 6.54 Å². The Morgan fingerprint density at radius 1 is 1.75 bits per heavy atom. The van der Waals surface area contributed by atoms with Crippen LogP contribution in [0.1, 0.15) is 12.8 Å². The zero-order valence-corrected chi connectivity index (χ0v) is 5.30. The largest absolute Gasteiger partial charge is 0.328 e. The number of rotatable bonds is 0. The lowest BCUT2D eigenvalue weighted by Gasteiger charge is -2.25. The zero-order chi connectivity index (χ0) is 5.98. The molecular formula is C6H13N2. The van der Waals surface area contributed by atoms with Crippen LogP contribution in [0.25, 0.3) is 0 Å². The Hall–Kier alpha value is -0.0800. The Labute approximate surface area is 50.7 Å². The summed E-state index contributed by atoms with van der Waals surface area (Å²) in [5, 5.41) is 0. The van der Waals surface area contributed by atoms with Gasteiger partial charge in [0.15, 0.2) is 0 Å². The lowest BCUT2D eigenvalue weighted by atomic mass is 10.1. The van der Waals surface area contributed by atoms with E-state index in [1.165, 1.54) is 0 Å². The highest BCUT2D eigenvalue weighted by Crippen LogP contribution is 2.08. The van der Waals surface area contributed by atoms with Crippen LogP contribution in [0.4, 0.5) is 0 Å². The summed E-state index contributed by atoms with van der Waals surface area (Å²) in [6, 6.07) is 0.422. The van der Waals surface area contributed by atoms with Crippen LogP contribution in [0.5, 0.6) is 0 Å². The van der Waals surface area contributed by atoms with Gasteiger partial charge in [-0.1, -0.05) is 0 Å². The predicted octanol–water partition coefficient (Wildman–Crippen LogP) is 0.201. The molecule has 2 nitrogen and oxygen atoms in total. The standard InChI is InChI=1S/C6H13N2/c1-8-4-2-6(7)3-5-8/h4,6H,2-3,5,7H2,1H3. The van der Waals surface area contributed by atoms with E-state index in [1.54, 1.807) is 0 Å². The molecule has 2 N–H and O–H groups in total. The Balaban J connectivity index is 2.19. The van der Waals surface area contributed by atoms with Crippen LogP contribution < -0.4 is 5.73 Å². The fourth-order valence-corrected chi connectivity index (χ4v) is 0.894. The molecule has 2 heteroatoms. The Bertz CT molecular complexity index is 54.9. The average Bonchev–Trinajstić information content (AvgIpc) is 1.77. The molecule has 1 fully saturated rings. The first kappa shape index (κ1) is 6.05. The second-order valence-corrected chi connectivity index (χ2v) is 2.45. The van der Waals surface area contributed by atoms with Gasteiger partial charge in [-0.3, -0.25) is 0 Å². The molecular weight excluding hydrogens is 100 g/mol. The molecule has 1 atom stereocenters. The van der Waals surface area contributed by atoms with Crippen molar-refractivity contribution < 1.29 is 0 Å². The lowest BCUT2D eigenvalue weighted by molar-refractivity contribution is 0.311. The number of hydrogen-bond donors (Lipinski definition) is 1. The van der Waals surface area contributed by atoms with E-state index < -0.39 is 0 Å². The summed E-state index contributed by atoms with van der Waals surface area (Å²) in [6.45, 7) is 3.29. The van der Waals surface area contributed by atoms with Gasteiger partial charge >= 0.3 is 0 Å². The quantitative estimate of drug-likeness (QED) is 0.486. The first-order valence-corrected chi connectivity index (χ1v) is 3.08. The lowest BCUT2D eigenvalue weighted by Crippen LogP contribution is -2.34. The predicted molar refractivity (Wildman–Crippen MR) is 34.1 cm³/mol. The van der Waals surface area contributed by atoms with E-state index in [0.29, 0.717) is 6.04 Å². The van der Waals surface area contributed by atoms with Crippen LogP contribution in [-0.4, -0.2) is 24.5 Å². The van der Waals surface area contributed by atoms with Crippen LogP contribution in [0.3, 0.4) is 0 Å². The first-order chi connectivity index (χ1) is 3.79. The van der Waals surface area contributed by atoms with Crippen molar-refractivity contribution in [2.45, 2.75) is 18.9 Å². The molecule has 0 aliphatic carbocycles. The van der Waals surface area contributed by atoms with Crippen LogP contribution in [0.15, 0.2) is 0 Å². The summed E-state index contributed by atoms with van der Waals surface area (Å²) in [4.78, 5) is 2.20. The number of hydrogen-bond acceptors (Lipinski definition) is 2. The van der Waals surface area contributed by atoms with Crippen LogP contribution in [0.2, 0.25) is 0 Å². The molecule has 0 aromatic carbocycles. The highest BCUT2D eigenvalue weighted by Gasteiger charge is 2.11. The van der Waals surface area contributed by atoms with Crippen molar-refractivity contribution in [1.29, 1.82) is 0 Å². The Kier molecular flexibility index (Phi) is 1.86. The maximum absolute atomic E-state index is 5.64. The highest BCUT2D eigenvalue weighted by atomic mass is 15.1. The van der Waals surface area contributed by atoms with Gasteiger partial charge in [0.05, 0.1) is 0 Å². The molecule has 1 saturated heterocycles. The van der Waals surface area contributed by atoms with Crippen LogP contribution in [0, 0.1) is 6.54 Å². The number of nitrogens with zero attached hydrogens (tertiary/aromatic N) is 1. The van der Waals surface area contributed by atoms with Gasteiger partial charge < -0.3 is 10.6 Å². The SMILES string of the molecule is CN1[CH]CC(N)CC1. The highest BCUT2D eigenvalue weighted by molar-refractivity contribution is 4.79. The van der Waals surface area contributed by atoms with E-state index >= 15 is 0 Å². The maximum Gasteiger partial charge on any atom is 0.0263 e. The third kappa shape index (κ3) is 1.46. The molecule has 1 aliphatic heterocycles. The fraction of sp³-hybridized carbons (Fsp3) is 0.833. The molecule has 1 aliphatic rings. The molecule has 47 valence electrons. The molecule has 1 rings (SSSR count). The molecule has 0 aromatic heterocycles. The van der Waals surface area contributed by atoms with E-state index in [2.05, 4.69) is 18.5 Å². The summed E-state index contributed by atoms with van der Waals surface area (Å²) >= 11 is 0. The van der Waals surface area contributed by atoms with E-state index in [-0.39, 0.29) is 0 Å². The molecule has 0 saturated carbocycles. The third-order valence-corrected chi connectivity index (χ3v) is 1.57. The number of piperidine rings is 1. The number of nitrogens with two attached hydrogens (primary N) is 1. The summed E-state index contributed by atoms with van der Waals surface area (Å²) in [7, 11) is 2.09. The van der Waals surface area contributed by atoms with Crippen molar-refractivity contribution in [1.82, 2.24) is 4.90 Å². The van der Waals surface area contributed by atoms with E-state index in [9.17, 15) is 0 Å². The molecule has 0 spiro atoms. The van der Waals surface area contributed by atoms with Crippen molar-refractivity contribution in [2.24, 2.45) is 5.73 Å². The molecule has 0 bridgehead atoms. The van der Waals surface area contributed by atoms with E-state index in [0.717, 1.165) is 19.4 Å². The molecule has 1 unspecified atom stereocenters. The first-order valence-electron chi connectivity index (χ1n) is 3.08. The topological polar surface area (TPSA) is 29.3 Å². The zero-order valence-electron chi connectivity index (χ0n) is 5.30. The summed E-state index contributed by atoms with van der Waals surface area (Å²) < 4.78 is 0. The van der Waals surface area contributed by atoms with Gasteiger partial charge in [0.2, 0.25) is 0 Å². The Morgan fingerprint density at radius 2 is 2.50 bits per heavy atom. The van der Waals surface area contributed by atoms with Crippen molar-refractivity contribution >= 4 is 0 Å². The summed E-state index contributed by atoms with van der Waals surface area (Å²) in [6.07, 6.45) is 2.20. The molecule has 1 radical (unpaired) electrons. The van der Waals surface area contributed by atoms with Gasteiger partial charge in [-0.25, -0.2) is 0 Å². The van der Waals surface area contributed by atoms with Crippen LogP contribution in [-0.2, 0) is 0 Å². The maximum atomic E-state index is 5.64. The molecule has 1 heterocycles. The van der Waals surface area contributed by atoms with Crippen LogP contribution >= 0.6 is 0 Å². The molecule has 0 aromatic rings. The fourth-order valence-electron chi connectivity index (χ4n) is 0.894. The van der Waals surface area contributed by atoms with Crippen molar-refractivity contribution in [2.75, 3.05) is 13.6 Å². The van der Waals surface area contributed by atoms with Gasteiger partial charge in [0, 0.05) is 12.6 Å². The molecule has 0 amide bonds. The summed E-state index contributed by atoms with van der Waals surface area (Å²) in [5.41, 5.74) is 5.64. The van der Waals surface area contributed by atoms with E-state index in [1.807, 2.05) is 0 Å². The monoisotopic (exact) mass is 113 g/mol. The second-order valence-electron chi connectivity index (χ2n) is 2.45. The smallest absolute Gasteiger partial charge is 0.0263 e. The minimum absolute atomic E-state index is 0.422. The van der Waals surface area contributed by atoms with Gasteiger partial charge in [0.1, 0.15) is 0 Å². The van der Waals surface area contributed by atoms with Gasteiger partial charge in [-0.15, -0.1) is 0 Å². The Morgan fingerprint density at radius 3 is 2.88 bits per heavy atom. The van der Waals surface area contributed by atoms with Crippen molar-refractivity contribution in [3.63, 3.8) is 0 Å². The van der Waals surface area contributed by atoms with Gasteiger partial charge in [-0.2, -0.15) is 0 Å². The molecule has 8 heavy (non-hydrogen) atoms. The second kappa shape index (κ2) is 2.46. The minimum atomic E-state index is 0.422.